The molecule has 0 aliphatic carbocycles. The molecular weight excluding hydrogens is 451 g/mol. The first-order chi connectivity index (χ1) is 15.4. The van der Waals surface area contributed by atoms with Crippen LogP contribution >= 0.6 is 23.2 Å². The summed E-state index contributed by atoms with van der Waals surface area (Å²) in [4.78, 5) is 40.6. The van der Waals surface area contributed by atoms with Crippen molar-refractivity contribution in [2.75, 3.05) is 41.7 Å². The van der Waals surface area contributed by atoms with Gasteiger partial charge in [0, 0.05) is 29.4 Å². The summed E-state index contributed by atoms with van der Waals surface area (Å²) in [7, 11) is 0. The molecule has 1 saturated heterocycles. The summed E-state index contributed by atoms with van der Waals surface area (Å²) < 4.78 is 0. The molecule has 1 aliphatic heterocycles. The van der Waals surface area contributed by atoms with Gasteiger partial charge < -0.3 is 15.5 Å². The van der Waals surface area contributed by atoms with Crippen molar-refractivity contribution in [1.82, 2.24) is 4.90 Å². The Morgan fingerprint density at radius 1 is 1.06 bits per heavy atom. The van der Waals surface area contributed by atoms with E-state index < -0.39 is 0 Å². The van der Waals surface area contributed by atoms with Crippen molar-refractivity contribution >= 4 is 58.0 Å². The first kappa shape index (κ1) is 24.0. The second-order valence-corrected chi connectivity index (χ2v) is 8.47. The zero-order valence-electron chi connectivity index (χ0n) is 17.9. The fourth-order valence-electron chi connectivity index (χ4n) is 3.59. The molecule has 0 unspecified atom stereocenters. The summed E-state index contributed by atoms with van der Waals surface area (Å²) in [6, 6.07) is 12.1. The van der Waals surface area contributed by atoms with Crippen molar-refractivity contribution in [2.45, 2.75) is 26.2 Å². The largest absolute Gasteiger partial charge is 0.325 e. The molecule has 0 bridgehead atoms. The Labute approximate surface area is 197 Å². The smallest absolute Gasteiger partial charge is 0.238 e. The first-order valence-electron chi connectivity index (χ1n) is 10.5. The van der Waals surface area contributed by atoms with E-state index in [4.69, 9.17) is 23.2 Å². The molecule has 0 spiro atoms. The fourth-order valence-corrected chi connectivity index (χ4v) is 4.05. The van der Waals surface area contributed by atoms with Crippen LogP contribution in [0.2, 0.25) is 10.0 Å². The first-order valence-corrected chi connectivity index (χ1v) is 11.3. The number of hydrogen-bond acceptors (Lipinski definition) is 4. The predicted octanol–water partition coefficient (Wildman–Crippen LogP) is 4.41. The molecule has 0 radical (unpaired) electrons. The topological polar surface area (TPSA) is 81.8 Å². The molecule has 2 aromatic rings. The minimum atomic E-state index is -0.273. The van der Waals surface area contributed by atoms with Crippen LogP contribution in [0.5, 0.6) is 0 Å². The second-order valence-electron chi connectivity index (χ2n) is 7.63. The van der Waals surface area contributed by atoms with E-state index >= 15 is 0 Å². The summed E-state index contributed by atoms with van der Waals surface area (Å²) in [6.45, 7) is 3.35. The van der Waals surface area contributed by atoms with Gasteiger partial charge in [0.2, 0.25) is 17.7 Å². The number of carbonyl (C=O) groups excluding carboxylic acids is 3. The third kappa shape index (κ3) is 6.69. The van der Waals surface area contributed by atoms with Crippen molar-refractivity contribution in [3.63, 3.8) is 0 Å². The monoisotopic (exact) mass is 476 g/mol. The van der Waals surface area contributed by atoms with E-state index in [2.05, 4.69) is 10.6 Å². The van der Waals surface area contributed by atoms with E-state index in [9.17, 15) is 14.4 Å². The third-order valence-electron chi connectivity index (χ3n) is 4.99. The van der Waals surface area contributed by atoms with Gasteiger partial charge in [0.15, 0.2) is 0 Å². The minimum absolute atomic E-state index is 0.0442. The molecule has 3 amide bonds. The van der Waals surface area contributed by atoms with Gasteiger partial charge in [0.25, 0.3) is 0 Å². The van der Waals surface area contributed by atoms with Crippen LogP contribution in [-0.4, -0.2) is 48.8 Å². The lowest BCUT2D eigenvalue weighted by molar-refractivity contribution is -0.120. The van der Waals surface area contributed by atoms with Crippen LogP contribution in [0.1, 0.15) is 26.2 Å². The fraction of sp³-hybridized carbons (Fsp3) is 0.348. The minimum Gasteiger partial charge on any atom is -0.325 e. The zero-order chi connectivity index (χ0) is 23.1. The van der Waals surface area contributed by atoms with Gasteiger partial charge in [-0.25, -0.2) is 0 Å². The van der Waals surface area contributed by atoms with Crippen molar-refractivity contribution in [3.05, 3.63) is 52.5 Å². The van der Waals surface area contributed by atoms with E-state index in [1.165, 1.54) is 0 Å². The number of halogens is 2. The highest BCUT2D eigenvalue weighted by molar-refractivity contribution is 6.36. The van der Waals surface area contributed by atoms with Crippen LogP contribution in [0.4, 0.5) is 17.1 Å². The molecule has 32 heavy (non-hydrogen) atoms. The van der Waals surface area contributed by atoms with Gasteiger partial charge >= 0.3 is 0 Å². The average Bonchev–Trinajstić information content (AvgIpc) is 3.16. The number of hydrogen-bond donors (Lipinski definition) is 2. The summed E-state index contributed by atoms with van der Waals surface area (Å²) in [5.41, 5.74) is 1.85. The van der Waals surface area contributed by atoms with Gasteiger partial charge in [-0.1, -0.05) is 36.2 Å². The molecule has 7 nitrogen and oxygen atoms in total. The molecular formula is C23H26Cl2N4O3. The molecule has 170 valence electrons. The lowest BCUT2D eigenvalue weighted by atomic mass is 10.2. The summed E-state index contributed by atoms with van der Waals surface area (Å²) >= 11 is 12.0. The van der Waals surface area contributed by atoms with Crippen LogP contribution in [0.25, 0.3) is 0 Å². The molecule has 0 aromatic heterocycles. The lowest BCUT2D eigenvalue weighted by Crippen LogP contribution is -2.39. The van der Waals surface area contributed by atoms with Gasteiger partial charge in [-0.2, -0.15) is 0 Å². The highest BCUT2D eigenvalue weighted by Crippen LogP contribution is 2.26. The SMILES string of the molecule is CCCN(CC(=O)Nc1cccc(N2CCCC2=O)c1)CC(=O)Nc1ccc(Cl)cc1Cl. The Balaban J connectivity index is 1.57. The number of rotatable bonds is 9. The molecule has 3 rings (SSSR count). The summed E-state index contributed by atoms with van der Waals surface area (Å²) in [5.74, 6) is -0.417. The van der Waals surface area contributed by atoms with Gasteiger partial charge in [-0.05, 0) is 55.8 Å². The van der Waals surface area contributed by atoms with Gasteiger partial charge in [0.05, 0.1) is 23.8 Å². The number of amides is 3. The van der Waals surface area contributed by atoms with Crippen molar-refractivity contribution in [2.24, 2.45) is 0 Å². The maximum atomic E-state index is 12.6. The Hall–Kier alpha value is -2.61. The number of carbonyl (C=O) groups is 3. The normalized spacial score (nSPS) is 13.5. The molecule has 0 atom stereocenters. The van der Waals surface area contributed by atoms with Crippen LogP contribution in [-0.2, 0) is 14.4 Å². The van der Waals surface area contributed by atoms with Gasteiger partial charge in [0.1, 0.15) is 0 Å². The Kier molecular flexibility index (Phi) is 8.50. The molecule has 1 heterocycles. The second kappa shape index (κ2) is 11.3. The van der Waals surface area contributed by atoms with Crippen molar-refractivity contribution < 1.29 is 14.4 Å². The average molecular weight is 477 g/mol. The number of nitrogens with one attached hydrogen (secondary N) is 2. The summed E-state index contributed by atoms with van der Waals surface area (Å²) in [6.07, 6.45) is 2.17. The van der Waals surface area contributed by atoms with E-state index in [-0.39, 0.29) is 30.8 Å². The van der Waals surface area contributed by atoms with Gasteiger partial charge in [-0.15, -0.1) is 0 Å². The number of anilines is 3. The maximum Gasteiger partial charge on any atom is 0.238 e. The highest BCUT2D eigenvalue weighted by Gasteiger charge is 2.22. The molecule has 2 aromatic carbocycles. The maximum absolute atomic E-state index is 12.6. The van der Waals surface area contributed by atoms with Crippen LogP contribution < -0.4 is 15.5 Å². The quantitative estimate of drug-likeness (QED) is 0.561. The van der Waals surface area contributed by atoms with E-state index in [1.54, 1.807) is 40.1 Å². The Bertz CT molecular complexity index is 999. The van der Waals surface area contributed by atoms with Crippen LogP contribution in [0.15, 0.2) is 42.5 Å². The molecule has 1 aliphatic rings. The number of nitrogens with zero attached hydrogens (tertiary/aromatic N) is 2. The van der Waals surface area contributed by atoms with Crippen LogP contribution in [0.3, 0.4) is 0 Å². The standard InChI is InChI=1S/C23H26Cl2N4O3/c1-2-10-28(15-22(31)27-20-9-8-16(24)12-19(20)25)14-21(30)26-17-5-3-6-18(13-17)29-11-4-7-23(29)32/h3,5-6,8-9,12-13H,2,4,7,10-11,14-15H2,1H3,(H,26,30)(H,27,31). The van der Waals surface area contributed by atoms with Crippen molar-refractivity contribution in [1.29, 1.82) is 0 Å². The van der Waals surface area contributed by atoms with Gasteiger partial charge in [-0.3, -0.25) is 19.3 Å². The predicted molar refractivity (Wildman–Crippen MR) is 128 cm³/mol. The molecule has 0 saturated carbocycles. The number of benzene rings is 2. The van der Waals surface area contributed by atoms with Crippen molar-refractivity contribution in [3.8, 4) is 0 Å². The zero-order valence-corrected chi connectivity index (χ0v) is 19.4. The Morgan fingerprint density at radius 2 is 1.81 bits per heavy atom. The molecule has 1 fully saturated rings. The van der Waals surface area contributed by atoms with E-state index in [1.807, 2.05) is 19.1 Å². The third-order valence-corrected chi connectivity index (χ3v) is 5.54. The van der Waals surface area contributed by atoms with E-state index in [0.717, 1.165) is 18.5 Å². The molecule has 2 N–H and O–H groups in total. The lowest BCUT2D eigenvalue weighted by Gasteiger charge is -2.21. The summed E-state index contributed by atoms with van der Waals surface area (Å²) in [5, 5.41) is 6.44. The molecule has 9 heteroatoms. The Morgan fingerprint density at radius 3 is 2.47 bits per heavy atom. The highest BCUT2D eigenvalue weighted by atomic mass is 35.5. The van der Waals surface area contributed by atoms with Crippen LogP contribution in [0, 0.1) is 0 Å². The van der Waals surface area contributed by atoms with E-state index in [0.29, 0.717) is 40.9 Å².